The Bertz CT molecular complexity index is 893. The van der Waals surface area contributed by atoms with Crippen molar-refractivity contribution in [3.63, 3.8) is 0 Å². The second-order valence-electron chi connectivity index (χ2n) is 5.73. The van der Waals surface area contributed by atoms with Crippen molar-refractivity contribution >= 4 is 32.7 Å². The number of halogens is 1. The number of likely N-dealkylation sites (tertiary alicyclic amines) is 1. The molecule has 1 fully saturated rings. The Morgan fingerprint density at radius 3 is 2.92 bits per heavy atom. The first-order chi connectivity index (χ1) is 11.7. The molecule has 3 aromatic rings. The van der Waals surface area contributed by atoms with E-state index < -0.39 is 0 Å². The van der Waals surface area contributed by atoms with Gasteiger partial charge in [-0.3, -0.25) is 4.79 Å². The first-order valence-corrected chi connectivity index (χ1v) is 8.55. The zero-order valence-corrected chi connectivity index (χ0v) is 14.4. The summed E-state index contributed by atoms with van der Waals surface area (Å²) in [7, 11) is 0. The van der Waals surface area contributed by atoms with Crippen LogP contribution in [0.4, 0.5) is 0 Å². The van der Waals surface area contributed by atoms with Crippen LogP contribution in [0.1, 0.15) is 17.0 Å². The summed E-state index contributed by atoms with van der Waals surface area (Å²) < 4.78 is 11.8. The molecule has 24 heavy (non-hydrogen) atoms. The predicted octanol–water partition coefficient (Wildman–Crippen LogP) is 3.88. The van der Waals surface area contributed by atoms with Gasteiger partial charge in [-0.2, -0.15) is 0 Å². The highest BCUT2D eigenvalue weighted by Crippen LogP contribution is 2.22. The Labute approximate surface area is 147 Å². The number of carbonyl (C=O) groups is 1. The van der Waals surface area contributed by atoms with Gasteiger partial charge in [0.1, 0.15) is 6.10 Å². The van der Waals surface area contributed by atoms with Crippen molar-refractivity contribution in [1.29, 1.82) is 0 Å². The van der Waals surface area contributed by atoms with Crippen LogP contribution in [0.15, 0.2) is 57.6 Å². The van der Waals surface area contributed by atoms with E-state index in [1.165, 1.54) is 0 Å². The van der Waals surface area contributed by atoms with E-state index in [4.69, 9.17) is 9.15 Å². The predicted molar refractivity (Wildman–Crippen MR) is 93.1 cm³/mol. The van der Waals surface area contributed by atoms with Crippen molar-refractivity contribution in [3.8, 4) is 5.88 Å². The molecule has 1 aliphatic heterocycles. The summed E-state index contributed by atoms with van der Waals surface area (Å²) in [6, 6.07) is 15.2. The summed E-state index contributed by atoms with van der Waals surface area (Å²) in [6.07, 6.45) is 0.725. The van der Waals surface area contributed by atoms with Gasteiger partial charge in [0.15, 0.2) is 10.4 Å². The van der Waals surface area contributed by atoms with Crippen molar-refractivity contribution in [1.82, 2.24) is 9.88 Å². The first-order valence-electron chi connectivity index (χ1n) is 7.76. The van der Waals surface area contributed by atoms with E-state index in [1.807, 2.05) is 36.4 Å². The molecular formula is C18H15BrN2O3. The molecule has 0 radical (unpaired) electrons. The summed E-state index contributed by atoms with van der Waals surface area (Å²) >= 11 is 3.21. The van der Waals surface area contributed by atoms with Crippen molar-refractivity contribution in [2.75, 3.05) is 13.1 Å². The third-order valence-corrected chi connectivity index (χ3v) is 4.50. The molecule has 4 rings (SSSR count). The van der Waals surface area contributed by atoms with E-state index in [2.05, 4.69) is 20.9 Å². The fourth-order valence-electron chi connectivity index (χ4n) is 2.88. The maximum Gasteiger partial charge on any atom is 0.289 e. The molecule has 3 heterocycles. The zero-order valence-electron chi connectivity index (χ0n) is 12.8. The lowest BCUT2D eigenvalue weighted by molar-refractivity contribution is 0.0738. The minimum atomic E-state index is -0.113. The minimum absolute atomic E-state index is 0.0546. The largest absolute Gasteiger partial charge is 0.472 e. The van der Waals surface area contributed by atoms with Gasteiger partial charge in [-0.25, -0.2) is 4.98 Å². The molecule has 0 unspecified atom stereocenters. The van der Waals surface area contributed by atoms with Gasteiger partial charge in [-0.05, 0) is 40.2 Å². The number of nitrogens with zero attached hydrogens (tertiary/aromatic N) is 2. The SMILES string of the molecule is O=C(c1ccc(Br)o1)N1CC[C@H](Oc2ccc3ccccc3n2)C1. The second kappa shape index (κ2) is 6.28. The van der Waals surface area contributed by atoms with Crippen LogP contribution in [0.25, 0.3) is 10.9 Å². The van der Waals surface area contributed by atoms with Gasteiger partial charge in [0.05, 0.1) is 12.1 Å². The molecule has 0 bridgehead atoms. The van der Waals surface area contributed by atoms with Gasteiger partial charge in [-0.15, -0.1) is 0 Å². The number of rotatable bonds is 3. The highest BCUT2D eigenvalue weighted by molar-refractivity contribution is 9.10. The minimum Gasteiger partial charge on any atom is -0.472 e. The molecule has 1 saturated heterocycles. The number of fused-ring (bicyclic) bond motifs is 1. The van der Waals surface area contributed by atoms with E-state index in [1.54, 1.807) is 17.0 Å². The molecule has 1 amide bonds. The smallest absolute Gasteiger partial charge is 0.289 e. The van der Waals surface area contributed by atoms with Crippen LogP contribution in [-0.4, -0.2) is 35.0 Å². The molecule has 2 aromatic heterocycles. The van der Waals surface area contributed by atoms with E-state index in [-0.39, 0.29) is 12.0 Å². The summed E-state index contributed by atoms with van der Waals surface area (Å²) in [6.45, 7) is 1.18. The molecule has 5 nitrogen and oxygen atoms in total. The normalized spacial score (nSPS) is 17.4. The van der Waals surface area contributed by atoms with Crippen LogP contribution >= 0.6 is 15.9 Å². The van der Waals surface area contributed by atoms with Crippen LogP contribution in [0.5, 0.6) is 5.88 Å². The number of hydrogen-bond donors (Lipinski definition) is 0. The Kier molecular flexibility index (Phi) is 3.98. The van der Waals surface area contributed by atoms with E-state index in [0.29, 0.717) is 29.4 Å². The molecule has 6 heteroatoms. The van der Waals surface area contributed by atoms with Crippen LogP contribution in [0, 0.1) is 0 Å². The highest BCUT2D eigenvalue weighted by atomic mass is 79.9. The van der Waals surface area contributed by atoms with Crippen LogP contribution < -0.4 is 4.74 Å². The fraction of sp³-hybridized carbons (Fsp3) is 0.222. The zero-order chi connectivity index (χ0) is 16.5. The Hall–Kier alpha value is -2.34. The molecule has 0 saturated carbocycles. The number of ether oxygens (including phenoxy) is 1. The van der Waals surface area contributed by atoms with Gasteiger partial charge in [-0.1, -0.05) is 18.2 Å². The Morgan fingerprint density at radius 1 is 1.21 bits per heavy atom. The van der Waals surface area contributed by atoms with Gasteiger partial charge < -0.3 is 14.1 Å². The lowest BCUT2D eigenvalue weighted by Gasteiger charge is -2.16. The van der Waals surface area contributed by atoms with E-state index >= 15 is 0 Å². The molecular weight excluding hydrogens is 372 g/mol. The summed E-state index contributed by atoms with van der Waals surface area (Å²) in [5, 5.41) is 1.08. The number of benzene rings is 1. The maximum atomic E-state index is 12.4. The quantitative estimate of drug-likeness (QED) is 0.685. The highest BCUT2D eigenvalue weighted by Gasteiger charge is 2.30. The van der Waals surface area contributed by atoms with Crippen molar-refractivity contribution in [2.24, 2.45) is 0 Å². The first kappa shape index (κ1) is 15.2. The molecule has 0 N–H and O–H groups in total. The van der Waals surface area contributed by atoms with Crippen LogP contribution in [0.3, 0.4) is 0 Å². The third-order valence-electron chi connectivity index (χ3n) is 4.08. The lowest BCUT2D eigenvalue weighted by Crippen LogP contribution is -2.30. The van der Waals surface area contributed by atoms with Gasteiger partial charge >= 0.3 is 0 Å². The second-order valence-corrected chi connectivity index (χ2v) is 6.51. The average Bonchev–Trinajstić information content (AvgIpc) is 3.23. The van der Waals surface area contributed by atoms with Crippen LogP contribution in [0.2, 0.25) is 0 Å². The summed E-state index contributed by atoms with van der Waals surface area (Å²) in [5.74, 6) is 0.818. The van der Waals surface area contributed by atoms with Crippen molar-refractivity contribution in [3.05, 3.63) is 59.0 Å². The number of pyridine rings is 1. The number of hydrogen-bond acceptors (Lipinski definition) is 4. The van der Waals surface area contributed by atoms with Gasteiger partial charge in [0, 0.05) is 24.4 Å². The van der Waals surface area contributed by atoms with Crippen molar-refractivity contribution in [2.45, 2.75) is 12.5 Å². The van der Waals surface area contributed by atoms with Gasteiger partial charge in [0.2, 0.25) is 5.88 Å². The Morgan fingerprint density at radius 2 is 2.08 bits per heavy atom. The van der Waals surface area contributed by atoms with Crippen LogP contribution in [-0.2, 0) is 0 Å². The Balaban J connectivity index is 1.43. The van der Waals surface area contributed by atoms with E-state index in [9.17, 15) is 4.79 Å². The molecule has 1 aliphatic rings. The summed E-state index contributed by atoms with van der Waals surface area (Å²) in [4.78, 5) is 18.6. The monoisotopic (exact) mass is 386 g/mol. The molecule has 1 atom stereocenters. The standard InChI is InChI=1S/C18H15BrN2O3/c19-16-7-6-15(24-16)18(22)21-10-9-13(11-21)23-17-8-5-12-3-1-2-4-14(12)20-17/h1-8,13H,9-11H2/t13-/m0/s1. The molecule has 122 valence electrons. The topological polar surface area (TPSA) is 55.6 Å². The summed E-state index contributed by atoms with van der Waals surface area (Å²) in [5.41, 5.74) is 0.904. The fourth-order valence-corrected chi connectivity index (χ4v) is 3.18. The number of aromatic nitrogens is 1. The van der Waals surface area contributed by atoms with Crippen molar-refractivity contribution < 1.29 is 13.9 Å². The molecule has 0 spiro atoms. The molecule has 1 aromatic carbocycles. The number of para-hydroxylation sites is 1. The third kappa shape index (κ3) is 3.01. The molecule has 0 aliphatic carbocycles. The lowest BCUT2D eigenvalue weighted by atomic mass is 10.2. The number of amides is 1. The van der Waals surface area contributed by atoms with Gasteiger partial charge in [0.25, 0.3) is 5.91 Å². The van der Waals surface area contributed by atoms with E-state index in [0.717, 1.165) is 17.3 Å². The average molecular weight is 387 g/mol. The number of carbonyl (C=O) groups excluding carboxylic acids is 1. The number of furan rings is 1. The maximum absolute atomic E-state index is 12.4.